The predicted octanol–water partition coefficient (Wildman–Crippen LogP) is 3.68. The zero-order valence-electron chi connectivity index (χ0n) is 19.6. The monoisotopic (exact) mass is 456 g/mol. The van der Waals surface area contributed by atoms with E-state index in [4.69, 9.17) is 27.8 Å². The lowest BCUT2D eigenvalue weighted by Gasteiger charge is -2.43. The number of hydrogen-bond acceptors (Lipinski definition) is 8. The number of aryl methyl sites for hydroxylation is 1. The van der Waals surface area contributed by atoms with Gasteiger partial charge in [0.1, 0.15) is 28.5 Å². The molecule has 0 N–H and O–H groups in total. The maximum atomic E-state index is 14.0. The smallest absolute Gasteiger partial charge is 0.288 e. The molecule has 0 aliphatic heterocycles. The molecule has 1 aliphatic carbocycles. The van der Waals surface area contributed by atoms with Gasteiger partial charge in [-0.05, 0) is 18.6 Å². The van der Waals surface area contributed by atoms with E-state index in [-0.39, 0.29) is 22.9 Å². The van der Waals surface area contributed by atoms with E-state index in [1.165, 1.54) is 19.2 Å². The van der Waals surface area contributed by atoms with E-state index in [9.17, 15) is 9.59 Å². The minimum absolute atomic E-state index is 0.0865. The van der Waals surface area contributed by atoms with Gasteiger partial charge in [0.05, 0.1) is 37.3 Å². The first-order valence-corrected chi connectivity index (χ1v) is 10.7. The summed E-state index contributed by atoms with van der Waals surface area (Å²) >= 11 is 0. The molecule has 2 aromatic heterocycles. The molecule has 1 aromatic carbocycles. The summed E-state index contributed by atoms with van der Waals surface area (Å²) in [5, 5.41) is 0.464. The lowest BCUT2D eigenvalue weighted by atomic mass is 9.71. The van der Waals surface area contributed by atoms with Gasteiger partial charge in [0, 0.05) is 45.1 Å². The van der Waals surface area contributed by atoms with Crippen LogP contribution in [0.3, 0.4) is 0 Å². The Kier molecular flexibility index (Phi) is 6.07. The molecule has 1 aliphatic rings. The standard InChI is InChI=1S/C25H28O8/c1-13-7-16(28-3)10-19-22(13)24(27)23-20(32-19)11-17(29-4)12-25(23,31-6)14(2)18-8-15(26)9-21(30-5)33-18/h7-10,14,17H,11-12H2,1-6H3. The van der Waals surface area contributed by atoms with Gasteiger partial charge in [-0.3, -0.25) is 9.59 Å². The third kappa shape index (κ3) is 3.73. The SMILES string of the molecule is COc1cc(C)c2c(=O)c3c(oc2c1)CC(OC)CC3(OC)C(C)c1cc(=O)cc(OC)o1. The Morgan fingerprint density at radius 1 is 1.03 bits per heavy atom. The molecule has 0 saturated heterocycles. The summed E-state index contributed by atoms with van der Waals surface area (Å²) in [6, 6.07) is 6.16. The molecule has 3 aromatic rings. The Morgan fingerprint density at radius 3 is 2.42 bits per heavy atom. The third-order valence-electron chi connectivity index (χ3n) is 6.63. The van der Waals surface area contributed by atoms with E-state index in [1.807, 2.05) is 13.8 Å². The molecule has 8 heteroatoms. The van der Waals surface area contributed by atoms with Gasteiger partial charge in [0.15, 0.2) is 10.9 Å². The van der Waals surface area contributed by atoms with Crippen molar-refractivity contribution in [1.29, 1.82) is 0 Å². The summed E-state index contributed by atoms with van der Waals surface area (Å²) in [6.45, 7) is 3.70. The summed E-state index contributed by atoms with van der Waals surface area (Å²) in [5.41, 5.74) is -0.00764. The Morgan fingerprint density at radius 2 is 1.79 bits per heavy atom. The van der Waals surface area contributed by atoms with Crippen LogP contribution in [-0.4, -0.2) is 34.5 Å². The molecular weight excluding hydrogens is 428 g/mol. The highest BCUT2D eigenvalue weighted by Gasteiger charge is 2.50. The Labute approximate surface area is 191 Å². The van der Waals surface area contributed by atoms with Crippen molar-refractivity contribution in [2.24, 2.45) is 0 Å². The highest BCUT2D eigenvalue weighted by atomic mass is 16.6. The van der Waals surface area contributed by atoms with Crippen LogP contribution in [0.5, 0.6) is 11.7 Å². The second kappa shape index (κ2) is 8.68. The zero-order chi connectivity index (χ0) is 23.9. The van der Waals surface area contributed by atoms with E-state index in [1.54, 1.807) is 33.5 Å². The molecular formula is C25H28O8. The minimum atomic E-state index is -1.16. The third-order valence-corrected chi connectivity index (χ3v) is 6.63. The Balaban J connectivity index is 2.02. The zero-order valence-corrected chi connectivity index (χ0v) is 19.6. The van der Waals surface area contributed by atoms with E-state index in [0.29, 0.717) is 46.6 Å². The maximum absolute atomic E-state index is 14.0. The van der Waals surface area contributed by atoms with E-state index < -0.39 is 11.5 Å². The van der Waals surface area contributed by atoms with E-state index >= 15 is 0 Å². The highest BCUT2D eigenvalue weighted by Crippen LogP contribution is 2.48. The fraction of sp³-hybridized carbons (Fsp3) is 0.440. The maximum Gasteiger partial charge on any atom is 0.288 e. The number of ether oxygens (including phenoxy) is 4. The average Bonchev–Trinajstić information content (AvgIpc) is 2.81. The second-order valence-electron chi connectivity index (χ2n) is 8.35. The van der Waals surface area contributed by atoms with Crippen molar-refractivity contribution in [2.45, 2.75) is 44.3 Å². The van der Waals surface area contributed by atoms with Crippen LogP contribution < -0.4 is 20.3 Å². The van der Waals surface area contributed by atoms with Gasteiger partial charge < -0.3 is 27.8 Å². The van der Waals surface area contributed by atoms with E-state index in [2.05, 4.69) is 0 Å². The summed E-state index contributed by atoms with van der Waals surface area (Å²) < 4.78 is 34.4. The Hall–Kier alpha value is -3.10. The molecule has 3 unspecified atom stereocenters. The number of methoxy groups -OCH3 is 4. The lowest BCUT2D eigenvalue weighted by Crippen LogP contribution is -2.47. The fourth-order valence-corrected chi connectivity index (χ4v) is 4.88. The van der Waals surface area contributed by atoms with Crippen molar-refractivity contribution >= 4 is 11.0 Å². The highest BCUT2D eigenvalue weighted by molar-refractivity contribution is 5.83. The van der Waals surface area contributed by atoms with Crippen LogP contribution >= 0.6 is 0 Å². The molecule has 4 rings (SSSR count). The molecule has 33 heavy (non-hydrogen) atoms. The van der Waals surface area contributed by atoms with Gasteiger partial charge >= 0.3 is 0 Å². The van der Waals surface area contributed by atoms with Crippen molar-refractivity contribution < 1.29 is 27.8 Å². The summed E-state index contributed by atoms with van der Waals surface area (Å²) in [7, 11) is 6.14. The molecule has 0 fully saturated rings. The molecule has 8 nitrogen and oxygen atoms in total. The number of hydrogen-bond donors (Lipinski definition) is 0. The minimum Gasteiger partial charge on any atom is -0.497 e. The van der Waals surface area contributed by atoms with Gasteiger partial charge in [-0.2, -0.15) is 0 Å². The molecule has 0 spiro atoms. The molecule has 0 saturated carbocycles. The molecule has 0 amide bonds. The van der Waals surface area contributed by atoms with Gasteiger partial charge in [-0.15, -0.1) is 0 Å². The van der Waals surface area contributed by atoms with Crippen molar-refractivity contribution in [2.75, 3.05) is 28.4 Å². The summed E-state index contributed by atoms with van der Waals surface area (Å²) in [5.74, 6) is 0.989. The first-order valence-electron chi connectivity index (χ1n) is 10.7. The van der Waals surface area contributed by atoms with Crippen LogP contribution in [0.15, 0.2) is 42.7 Å². The normalized spacial score (nSPS) is 21.0. The summed E-state index contributed by atoms with van der Waals surface area (Å²) in [4.78, 5) is 26.2. The Bertz CT molecular complexity index is 1300. The van der Waals surface area contributed by atoms with Crippen LogP contribution in [0.1, 0.15) is 41.9 Å². The van der Waals surface area contributed by atoms with Crippen LogP contribution in [0, 0.1) is 6.92 Å². The van der Waals surface area contributed by atoms with Crippen LogP contribution in [0.4, 0.5) is 0 Å². The average molecular weight is 456 g/mol. The van der Waals surface area contributed by atoms with Crippen LogP contribution in [-0.2, 0) is 21.5 Å². The van der Waals surface area contributed by atoms with Crippen molar-refractivity contribution in [3.8, 4) is 11.7 Å². The first kappa shape index (κ1) is 23.1. The van der Waals surface area contributed by atoms with Crippen LogP contribution in [0.2, 0.25) is 0 Å². The van der Waals surface area contributed by atoms with Gasteiger partial charge in [-0.25, -0.2) is 0 Å². The fourth-order valence-electron chi connectivity index (χ4n) is 4.88. The lowest BCUT2D eigenvalue weighted by molar-refractivity contribution is -0.0923. The van der Waals surface area contributed by atoms with Gasteiger partial charge in [0.2, 0.25) is 0 Å². The first-order chi connectivity index (χ1) is 15.8. The quantitative estimate of drug-likeness (QED) is 0.554. The van der Waals surface area contributed by atoms with Gasteiger partial charge in [0.25, 0.3) is 5.95 Å². The summed E-state index contributed by atoms with van der Waals surface area (Å²) in [6.07, 6.45) is 0.512. The number of rotatable bonds is 6. The second-order valence-corrected chi connectivity index (χ2v) is 8.35. The van der Waals surface area contributed by atoms with Crippen LogP contribution in [0.25, 0.3) is 11.0 Å². The topological polar surface area (TPSA) is 97.3 Å². The predicted molar refractivity (Wildman–Crippen MR) is 122 cm³/mol. The van der Waals surface area contributed by atoms with Crippen molar-refractivity contribution in [1.82, 2.24) is 0 Å². The number of benzene rings is 1. The largest absolute Gasteiger partial charge is 0.497 e. The van der Waals surface area contributed by atoms with Gasteiger partial charge in [-0.1, -0.05) is 6.92 Å². The molecule has 0 bridgehead atoms. The van der Waals surface area contributed by atoms with Crippen molar-refractivity contribution in [3.05, 3.63) is 67.4 Å². The van der Waals surface area contributed by atoms with E-state index in [0.717, 1.165) is 5.56 Å². The molecule has 176 valence electrons. The number of fused-ring (bicyclic) bond motifs is 2. The molecule has 2 heterocycles. The van der Waals surface area contributed by atoms with Crippen molar-refractivity contribution in [3.63, 3.8) is 0 Å². The molecule has 0 radical (unpaired) electrons. The molecule has 3 atom stereocenters.